The summed E-state index contributed by atoms with van der Waals surface area (Å²) in [7, 11) is 9.21. The maximum Gasteiger partial charge on any atom is 0.253 e. The van der Waals surface area contributed by atoms with Crippen molar-refractivity contribution in [3.8, 4) is 0 Å². The van der Waals surface area contributed by atoms with Crippen molar-refractivity contribution in [3.63, 3.8) is 0 Å². The number of aromatic nitrogens is 2. The molecule has 0 aliphatic carbocycles. The van der Waals surface area contributed by atoms with Crippen molar-refractivity contribution in [2.45, 2.75) is 13.0 Å². The van der Waals surface area contributed by atoms with Crippen LogP contribution in [0.25, 0.3) is 0 Å². The summed E-state index contributed by atoms with van der Waals surface area (Å²) < 4.78 is 1.79. The molecule has 1 aromatic heterocycles. The highest BCUT2D eigenvalue weighted by Gasteiger charge is 2.09. The molecule has 1 heterocycles. The van der Waals surface area contributed by atoms with Crippen LogP contribution in [0.15, 0.2) is 41.7 Å². The zero-order valence-electron chi connectivity index (χ0n) is 16.6. The van der Waals surface area contributed by atoms with E-state index in [1.165, 1.54) is 0 Å². The molecule has 27 heavy (non-hydrogen) atoms. The van der Waals surface area contributed by atoms with Crippen LogP contribution >= 0.6 is 24.0 Å². The van der Waals surface area contributed by atoms with E-state index in [-0.39, 0.29) is 29.9 Å². The first kappa shape index (κ1) is 22.9. The van der Waals surface area contributed by atoms with Crippen LogP contribution in [0, 0.1) is 0 Å². The number of hydrogen-bond donors (Lipinski definition) is 1. The summed E-state index contributed by atoms with van der Waals surface area (Å²) >= 11 is 0. The third-order valence-electron chi connectivity index (χ3n) is 4.03. The molecule has 148 valence electrons. The van der Waals surface area contributed by atoms with Crippen LogP contribution in [0.4, 0.5) is 0 Å². The van der Waals surface area contributed by atoms with E-state index in [1.54, 1.807) is 30.7 Å². The lowest BCUT2D eigenvalue weighted by molar-refractivity contribution is 0.0827. The Kier molecular flexibility index (Phi) is 9.27. The van der Waals surface area contributed by atoms with Gasteiger partial charge in [-0.1, -0.05) is 12.1 Å². The highest BCUT2D eigenvalue weighted by atomic mass is 127. The zero-order chi connectivity index (χ0) is 19.1. The molecule has 0 bridgehead atoms. The van der Waals surface area contributed by atoms with Crippen molar-refractivity contribution in [1.82, 2.24) is 24.9 Å². The van der Waals surface area contributed by atoms with Gasteiger partial charge in [0.25, 0.3) is 5.91 Å². The van der Waals surface area contributed by atoms with Gasteiger partial charge in [-0.15, -0.1) is 24.0 Å². The maximum absolute atomic E-state index is 12.1. The Bertz CT molecular complexity index is 771. The Morgan fingerprint density at radius 3 is 2.59 bits per heavy atom. The largest absolute Gasteiger partial charge is 0.356 e. The number of aryl methyl sites for hydroxylation is 1. The topological polar surface area (TPSA) is 65.8 Å². The number of hydrogen-bond acceptors (Lipinski definition) is 3. The van der Waals surface area contributed by atoms with Gasteiger partial charge in [-0.25, -0.2) is 0 Å². The molecular formula is C19H29IN6O. The van der Waals surface area contributed by atoms with Gasteiger partial charge >= 0.3 is 0 Å². The Morgan fingerprint density at radius 2 is 2.00 bits per heavy atom. The second-order valence-corrected chi connectivity index (χ2v) is 6.50. The highest BCUT2D eigenvalue weighted by molar-refractivity contribution is 14.0. The van der Waals surface area contributed by atoms with Crippen molar-refractivity contribution < 1.29 is 4.79 Å². The lowest BCUT2D eigenvalue weighted by Crippen LogP contribution is -2.39. The number of aliphatic imine (C=N–C) groups is 1. The quantitative estimate of drug-likeness (QED) is 0.387. The number of nitrogens with zero attached hydrogens (tertiary/aromatic N) is 5. The van der Waals surface area contributed by atoms with Crippen molar-refractivity contribution in [1.29, 1.82) is 0 Å². The van der Waals surface area contributed by atoms with Crippen LogP contribution in [0.3, 0.4) is 0 Å². The van der Waals surface area contributed by atoms with Gasteiger partial charge in [0.1, 0.15) is 0 Å². The SMILES string of the molecule is CN=C(NCCc1cccc(C(=O)N(C)C)c1)N(C)Cc1cnn(C)c1.I. The van der Waals surface area contributed by atoms with E-state index in [4.69, 9.17) is 0 Å². The summed E-state index contributed by atoms with van der Waals surface area (Å²) in [5, 5.41) is 7.56. The molecule has 8 heteroatoms. The fourth-order valence-corrected chi connectivity index (χ4v) is 2.72. The molecule has 0 unspecified atom stereocenters. The van der Waals surface area contributed by atoms with Gasteiger partial charge in [0.05, 0.1) is 6.20 Å². The zero-order valence-corrected chi connectivity index (χ0v) is 19.0. The molecule has 1 aromatic carbocycles. The van der Waals surface area contributed by atoms with Gasteiger partial charge in [0.15, 0.2) is 5.96 Å². The molecule has 7 nitrogen and oxygen atoms in total. The van der Waals surface area contributed by atoms with E-state index in [0.717, 1.165) is 36.6 Å². The number of carbonyl (C=O) groups is 1. The van der Waals surface area contributed by atoms with Crippen molar-refractivity contribution in [3.05, 3.63) is 53.3 Å². The van der Waals surface area contributed by atoms with Crippen LogP contribution in [0.2, 0.25) is 0 Å². The number of benzene rings is 1. The molecule has 1 N–H and O–H groups in total. The lowest BCUT2D eigenvalue weighted by atomic mass is 10.1. The monoisotopic (exact) mass is 484 g/mol. The Balaban J connectivity index is 0.00000364. The van der Waals surface area contributed by atoms with E-state index in [1.807, 2.05) is 50.8 Å². The predicted molar refractivity (Wildman–Crippen MR) is 120 cm³/mol. The first-order valence-corrected chi connectivity index (χ1v) is 8.60. The Morgan fingerprint density at radius 1 is 1.26 bits per heavy atom. The van der Waals surface area contributed by atoms with E-state index >= 15 is 0 Å². The van der Waals surface area contributed by atoms with Gasteiger partial charge in [-0.05, 0) is 24.1 Å². The summed E-state index contributed by atoms with van der Waals surface area (Å²) in [6, 6.07) is 7.76. The summed E-state index contributed by atoms with van der Waals surface area (Å²) in [6.45, 7) is 1.48. The smallest absolute Gasteiger partial charge is 0.253 e. The van der Waals surface area contributed by atoms with Crippen LogP contribution in [0.1, 0.15) is 21.5 Å². The molecule has 0 saturated carbocycles. The molecule has 1 amide bonds. The Labute approximate surface area is 178 Å². The van der Waals surface area contributed by atoms with Crippen molar-refractivity contribution in [2.75, 3.05) is 34.7 Å². The van der Waals surface area contributed by atoms with Gasteiger partial charge in [-0.3, -0.25) is 14.5 Å². The van der Waals surface area contributed by atoms with Crippen LogP contribution in [-0.4, -0.2) is 66.2 Å². The summed E-state index contributed by atoms with van der Waals surface area (Å²) in [5.41, 5.74) is 2.97. The number of rotatable bonds is 6. The van der Waals surface area contributed by atoms with Gasteiger partial charge < -0.3 is 15.1 Å². The maximum atomic E-state index is 12.1. The number of amides is 1. The minimum atomic E-state index is 0. The van der Waals surface area contributed by atoms with E-state index < -0.39 is 0 Å². The standard InChI is InChI=1S/C19H28N6O.HI/c1-20-19(24(4)13-16-12-22-25(5)14-16)21-10-9-15-7-6-8-17(11-15)18(26)23(2)3;/h6-8,11-12,14H,9-10,13H2,1-5H3,(H,20,21);1H. The molecule has 0 saturated heterocycles. The third-order valence-corrected chi connectivity index (χ3v) is 4.03. The molecule has 2 rings (SSSR count). The van der Waals surface area contributed by atoms with Crippen molar-refractivity contribution >= 4 is 35.8 Å². The second kappa shape index (κ2) is 10.9. The lowest BCUT2D eigenvalue weighted by Gasteiger charge is -2.21. The van der Waals surface area contributed by atoms with E-state index in [9.17, 15) is 4.79 Å². The fourth-order valence-electron chi connectivity index (χ4n) is 2.72. The predicted octanol–water partition coefficient (Wildman–Crippen LogP) is 1.99. The minimum Gasteiger partial charge on any atom is -0.356 e. The molecule has 0 aliphatic heterocycles. The number of guanidine groups is 1. The molecule has 0 radical (unpaired) electrons. The van der Waals surface area contributed by atoms with Gasteiger partial charge in [0.2, 0.25) is 0 Å². The number of halogens is 1. The average Bonchev–Trinajstić information content (AvgIpc) is 3.02. The molecule has 0 fully saturated rings. The van der Waals surface area contributed by atoms with Crippen LogP contribution in [0.5, 0.6) is 0 Å². The third kappa shape index (κ3) is 6.85. The average molecular weight is 484 g/mol. The fraction of sp³-hybridized carbons (Fsp3) is 0.421. The molecule has 2 aromatic rings. The molecule has 0 spiro atoms. The Hall–Kier alpha value is -2.10. The molecule has 0 aliphatic rings. The summed E-state index contributed by atoms with van der Waals surface area (Å²) in [5.74, 6) is 0.848. The number of nitrogens with one attached hydrogen (secondary N) is 1. The summed E-state index contributed by atoms with van der Waals surface area (Å²) in [6.07, 6.45) is 4.67. The number of carbonyl (C=O) groups excluding carboxylic acids is 1. The first-order valence-electron chi connectivity index (χ1n) is 8.60. The molecular weight excluding hydrogens is 455 g/mol. The summed E-state index contributed by atoms with van der Waals surface area (Å²) in [4.78, 5) is 20.1. The van der Waals surface area contributed by atoms with Crippen LogP contribution < -0.4 is 5.32 Å². The van der Waals surface area contributed by atoms with Gasteiger partial charge in [0, 0.05) is 65.7 Å². The minimum absolute atomic E-state index is 0. The van der Waals surface area contributed by atoms with Crippen LogP contribution in [-0.2, 0) is 20.0 Å². The van der Waals surface area contributed by atoms with E-state index in [2.05, 4.69) is 20.3 Å². The van der Waals surface area contributed by atoms with Gasteiger partial charge in [-0.2, -0.15) is 5.10 Å². The normalized spacial score (nSPS) is 10.9. The highest BCUT2D eigenvalue weighted by Crippen LogP contribution is 2.08. The van der Waals surface area contributed by atoms with E-state index in [0.29, 0.717) is 5.56 Å². The first-order chi connectivity index (χ1) is 12.4. The van der Waals surface area contributed by atoms with Crippen molar-refractivity contribution in [2.24, 2.45) is 12.0 Å². The molecule has 0 atom stereocenters. The second-order valence-electron chi connectivity index (χ2n) is 6.50.